The Hall–Kier alpha value is -0.760. The van der Waals surface area contributed by atoms with Gasteiger partial charge in [-0.3, -0.25) is 0 Å². The van der Waals surface area contributed by atoms with E-state index >= 15 is 0 Å². The van der Waals surface area contributed by atoms with E-state index in [2.05, 4.69) is 29.8 Å². The first-order valence-corrected chi connectivity index (χ1v) is 6.52. The fourth-order valence-corrected chi connectivity index (χ4v) is 2.12. The van der Waals surface area contributed by atoms with Crippen LogP contribution in [0.4, 0.5) is 5.82 Å². The van der Waals surface area contributed by atoms with E-state index in [4.69, 9.17) is 11.6 Å². The van der Waals surface area contributed by atoms with Crippen LogP contribution >= 0.6 is 11.6 Å². The van der Waals surface area contributed by atoms with Crippen molar-refractivity contribution < 1.29 is 0 Å². The average Bonchev–Trinajstić information content (AvgIpc) is 3.09. The third kappa shape index (κ3) is 2.67. The maximum Gasteiger partial charge on any atom is 0.133 e. The van der Waals surface area contributed by atoms with Crippen molar-refractivity contribution in [3.05, 3.63) is 23.9 Å². The van der Waals surface area contributed by atoms with E-state index in [0.717, 1.165) is 23.8 Å². The molecule has 0 aromatic carbocycles. The Morgan fingerprint density at radius 1 is 1.50 bits per heavy atom. The molecule has 88 valence electrons. The molecule has 1 aromatic rings. The van der Waals surface area contributed by atoms with E-state index in [9.17, 15) is 0 Å². The number of rotatable bonds is 5. The Labute approximate surface area is 103 Å². The molecule has 2 nitrogen and oxygen atoms in total. The van der Waals surface area contributed by atoms with Crippen LogP contribution in [0.3, 0.4) is 0 Å². The topological polar surface area (TPSA) is 16.1 Å². The van der Waals surface area contributed by atoms with Gasteiger partial charge in [0.15, 0.2) is 0 Å². The zero-order valence-electron chi connectivity index (χ0n) is 9.99. The monoisotopic (exact) mass is 238 g/mol. The van der Waals surface area contributed by atoms with E-state index in [1.807, 2.05) is 12.3 Å². The van der Waals surface area contributed by atoms with Crippen molar-refractivity contribution in [3.63, 3.8) is 0 Å². The lowest BCUT2D eigenvalue weighted by Gasteiger charge is -2.29. The van der Waals surface area contributed by atoms with Crippen LogP contribution < -0.4 is 4.90 Å². The van der Waals surface area contributed by atoms with Gasteiger partial charge >= 0.3 is 0 Å². The maximum atomic E-state index is 5.97. The van der Waals surface area contributed by atoms with Crippen molar-refractivity contribution in [1.29, 1.82) is 0 Å². The van der Waals surface area contributed by atoms with Gasteiger partial charge < -0.3 is 4.90 Å². The molecule has 0 amide bonds. The fourth-order valence-electron chi connectivity index (χ4n) is 1.91. The summed E-state index contributed by atoms with van der Waals surface area (Å²) < 4.78 is 0. The molecular weight excluding hydrogens is 220 g/mol. The van der Waals surface area contributed by atoms with Crippen LogP contribution in [0.5, 0.6) is 0 Å². The number of anilines is 1. The minimum Gasteiger partial charge on any atom is -0.354 e. The standard InChI is InChI=1S/C13H19ClN2/c1-10(2)16(9-11-5-6-11)13-12(8-14)4-3-7-15-13/h3-4,7,10-11H,5-6,8-9H2,1-2H3. The Kier molecular flexibility index (Phi) is 3.70. The van der Waals surface area contributed by atoms with Crippen molar-refractivity contribution in [3.8, 4) is 0 Å². The van der Waals surface area contributed by atoms with E-state index < -0.39 is 0 Å². The molecule has 0 unspecified atom stereocenters. The minimum atomic E-state index is 0.484. The molecule has 0 spiro atoms. The van der Waals surface area contributed by atoms with E-state index in [0.29, 0.717) is 11.9 Å². The van der Waals surface area contributed by atoms with Gasteiger partial charge in [0.05, 0.1) is 5.88 Å². The van der Waals surface area contributed by atoms with Gasteiger partial charge in [-0.15, -0.1) is 11.6 Å². The first-order chi connectivity index (χ1) is 7.72. The number of pyridine rings is 1. The molecule has 1 heterocycles. The first-order valence-electron chi connectivity index (χ1n) is 5.99. The highest BCUT2D eigenvalue weighted by Crippen LogP contribution is 2.32. The molecule has 0 atom stereocenters. The zero-order chi connectivity index (χ0) is 11.5. The molecule has 1 aliphatic rings. The number of aromatic nitrogens is 1. The molecule has 2 rings (SSSR count). The molecule has 16 heavy (non-hydrogen) atoms. The third-order valence-corrected chi connectivity index (χ3v) is 3.35. The summed E-state index contributed by atoms with van der Waals surface area (Å²) in [4.78, 5) is 6.88. The van der Waals surface area contributed by atoms with Crippen molar-refractivity contribution in [1.82, 2.24) is 4.98 Å². The Morgan fingerprint density at radius 3 is 2.81 bits per heavy atom. The lowest BCUT2D eigenvalue weighted by molar-refractivity contribution is 0.634. The number of halogens is 1. The average molecular weight is 239 g/mol. The Morgan fingerprint density at radius 2 is 2.25 bits per heavy atom. The van der Waals surface area contributed by atoms with Gasteiger partial charge in [0.25, 0.3) is 0 Å². The molecule has 1 aliphatic carbocycles. The summed E-state index contributed by atoms with van der Waals surface area (Å²) in [7, 11) is 0. The van der Waals surface area contributed by atoms with Gasteiger partial charge in [0.2, 0.25) is 0 Å². The molecule has 1 fully saturated rings. The molecule has 3 heteroatoms. The second-order valence-corrected chi connectivity index (χ2v) is 5.08. The van der Waals surface area contributed by atoms with Gasteiger partial charge in [-0.1, -0.05) is 6.07 Å². The molecule has 1 saturated carbocycles. The molecule has 0 N–H and O–H groups in total. The summed E-state index contributed by atoms with van der Waals surface area (Å²) in [5.41, 5.74) is 1.14. The van der Waals surface area contributed by atoms with Gasteiger partial charge in [0, 0.05) is 24.3 Å². The summed E-state index contributed by atoms with van der Waals surface area (Å²) in [6.07, 6.45) is 4.59. The van der Waals surface area contributed by atoms with E-state index in [-0.39, 0.29) is 0 Å². The summed E-state index contributed by atoms with van der Waals surface area (Å²) in [6.45, 7) is 5.56. The minimum absolute atomic E-state index is 0.484. The number of alkyl halides is 1. The van der Waals surface area contributed by atoms with E-state index in [1.54, 1.807) is 0 Å². The summed E-state index contributed by atoms with van der Waals surface area (Å²) in [5, 5.41) is 0. The van der Waals surface area contributed by atoms with Crippen molar-refractivity contribution >= 4 is 17.4 Å². The van der Waals surface area contributed by atoms with Crippen LogP contribution in [0.2, 0.25) is 0 Å². The predicted octanol–water partition coefficient (Wildman–Crippen LogP) is 3.45. The highest BCUT2D eigenvalue weighted by atomic mass is 35.5. The quantitative estimate of drug-likeness (QED) is 0.731. The van der Waals surface area contributed by atoms with Crippen molar-refractivity contribution in [2.75, 3.05) is 11.4 Å². The van der Waals surface area contributed by atoms with Gasteiger partial charge in [-0.25, -0.2) is 4.98 Å². The van der Waals surface area contributed by atoms with Gasteiger partial charge in [0.1, 0.15) is 5.82 Å². The number of hydrogen-bond donors (Lipinski definition) is 0. The fraction of sp³-hybridized carbons (Fsp3) is 0.615. The zero-order valence-corrected chi connectivity index (χ0v) is 10.7. The predicted molar refractivity (Wildman–Crippen MR) is 69.0 cm³/mol. The van der Waals surface area contributed by atoms with Gasteiger partial charge in [-0.2, -0.15) is 0 Å². The van der Waals surface area contributed by atoms with Crippen molar-refractivity contribution in [2.45, 2.75) is 38.6 Å². The Balaban J connectivity index is 2.22. The largest absolute Gasteiger partial charge is 0.354 e. The van der Waals surface area contributed by atoms with E-state index in [1.165, 1.54) is 12.8 Å². The first kappa shape index (κ1) is 11.7. The molecule has 1 aromatic heterocycles. The van der Waals surface area contributed by atoms with Crippen LogP contribution in [-0.4, -0.2) is 17.6 Å². The highest BCUT2D eigenvalue weighted by Gasteiger charge is 2.27. The van der Waals surface area contributed by atoms with Crippen LogP contribution in [-0.2, 0) is 5.88 Å². The van der Waals surface area contributed by atoms with Crippen molar-refractivity contribution in [2.24, 2.45) is 5.92 Å². The van der Waals surface area contributed by atoms with Crippen LogP contribution in [0.1, 0.15) is 32.3 Å². The lowest BCUT2D eigenvalue weighted by Crippen LogP contribution is -2.34. The molecule has 0 bridgehead atoms. The third-order valence-electron chi connectivity index (χ3n) is 3.06. The van der Waals surface area contributed by atoms with Crippen LogP contribution in [0, 0.1) is 5.92 Å². The second-order valence-electron chi connectivity index (χ2n) is 4.81. The molecule has 0 saturated heterocycles. The van der Waals surface area contributed by atoms with Crippen LogP contribution in [0.15, 0.2) is 18.3 Å². The number of nitrogens with zero attached hydrogens (tertiary/aromatic N) is 2. The summed E-state index contributed by atoms with van der Waals surface area (Å²) in [6, 6.07) is 4.51. The Bertz CT molecular complexity index is 348. The van der Waals surface area contributed by atoms with Crippen LogP contribution in [0.25, 0.3) is 0 Å². The second kappa shape index (κ2) is 5.05. The maximum absolute atomic E-state index is 5.97. The smallest absolute Gasteiger partial charge is 0.133 e. The number of hydrogen-bond acceptors (Lipinski definition) is 2. The highest BCUT2D eigenvalue weighted by molar-refractivity contribution is 6.17. The molecular formula is C13H19ClN2. The normalized spacial score (nSPS) is 15.5. The summed E-state index contributed by atoms with van der Waals surface area (Å²) >= 11 is 5.97. The lowest BCUT2D eigenvalue weighted by atomic mass is 10.2. The molecule has 0 radical (unpaired) electrons. The van der Waals surface area contributed by atoms with Gasteiger partial charge in [-0.05, 0) is 38.7 Å². The summed E-state index contributed by atoms with van der Waals surface area (Å²) in [5.74, 6) is 2.48. The SMILES string of the molecule is CC(C)N(CC1CC1)c1ncccc1CCl. The molecule has 0 aliphatic heterocycles.